The minimum Gasteiger partial charge on any atom is -0.382 e. The van der Waals surface area contributed by atoms with Crippen LogP contribution in [-0.2, 0) is 10.8 Å². The lowest BCUT2D eigenvalue weighted by atomic mass is 10.4. The van der Waals surface area contributed by atoms with Gasteiger partial charge >= 0.3 is 0 Å². The van der Waals surface area contributed by atoms with Crippen LogP contribution >= 0.6 is 0 Å². The zero-order valence-electron chi connectivity index (χ0n) is 8.06. The quantitative estimate of drug-likeness (QED) is 0.686. The molecule has 1 heterocycles. The molecule has 0 spiro atoms. The Kier molecular flexibility index (Phi) is 4.31. The van der Waals surface area contributed by atoms with Crippen molar-refractivity contribution in [2.45, 2.75) is 6.42 Å². The summed E-state index contributed by atoms with van der Waals surface area (Å²) < 4.78 is 10.7. The summed E-state index contributed by atoms with van der Waals surface area (Å²) in [6.07, 6.45) is 2.55. The molecule has 14 heavy (non-hydrogen) atoms. The van der Waals surface area contributed by atoms with Gasteiger partial charge in [0.1, 0.15) is 11.6 Å². The molecule has 6 heteroatoms. The predicted molar refractivity (Wildman–Crippen MR) is 58.5 cm³/mol. The number of hydrogen-bond donors (Lipinski definition) is 2. The zero-order valence-corrected chi connectivity index (χ0v) is 8.88. The smallest absolute Gasteiger partial charge is 0.148 e. The molecule has 5 nitrogen and oxygen atoms in total. The summed E-state index contributed by atoms with van der Waals surface area (Å²) in [5.41, 5.74) is 5.38. The molecule has 0 aliphatic rings. The largest absolute Gasteiger partial charge is 0.382 e. The molecule has 1 atom stereocenters. The zero-order chi connectivity index (χ0) is 10.4. The monoisotopic (exact) mass is 214 g/mol. The minimum atomic E-state index is -0.723. The highest BCUT2D eigenvalue weighted by Gasteiger charge is 1.95. The molecule has 0 amide bonds. The highest BCUT2D eigenvalue weighted by molar-refractivity contribution is 7.84. The fourth-order valence-corrected chi connectivity index (χ4v) is 1.48. The van der Waals surface area contributed by atoms with E-state index < -0.39 is 10.8 Å². The molecule has 1 aromatic heterocycles. The van der Waals surface area contributed by atoms with E-state index in [1.807, 2.05) is 0 Å². The maximum absolute atomic E-state index is 10.7. The predicted octanol–water partition coefficient (Wildman–Crippen LogP) is 0.239. The van der Waals surface area contributed by atoms with Gasteiger partial charge in [0.15, 0.2) is 0 Å². The molecular formula is C8H14N4OS. The molecule has 1 rings (SSSR count). The van der Waals surface area contributed by atoms with Crippen molar-refractivity contribution in [1.29, 1.82) is 0 Å². The number of nitrogens with two attached hydrogens (primary N) is 1. The van der Waals surface area contributed by atoms with Gasteiger partial charge in [-0.1, -0.05) is 0 Å². The average Bonchev–Trinajstić information content (AvgIpc) is 2.15. The number of nitrogens with zero attached hydrogens (tertiary/aromatic N) is 2. The van der Waals surface area contributed by atoms with Crippen LogP contribution in [0.15, 0.2) is 12.1 Å². The summed E-state index contributed by atoms with van der Waals surface area (Å²) in [6.45, 7) is 0.748. The number of anilines is 2. The number of aromatic nitrogens is 2. The molecule has 0 saturated carbocycles. The van der Waals surface area contributed by atoms with Crippen molar-refractivity contribution in [2.75, 3.05) is 29.6 Å². The molecule has 0 aliphatic heterocycles. The van der Waals surface area contributed by atoms with Crippen LogP contribution in [0, 0.1) is 0 Å². The molecule has 78 valence electrons. The highest BCUT2D eigenvalue weighted by atomic mass is 32.2. The fourth-order valence-electron chi connectivity index (χ4n) is 0.929. The average molecular weight is 214 g/mol. The Bertz CT molecular complexity index is 301. The lowest BCUT2D eigenvalue weighted by Crippen LogP contribution is -2.08. The number of nitrogens with one attached hydrogen (secondary N) is 1. The molecule has 0 aliphatic carbocycles. The van der Waals surface area contributed by atoms with Gasteiger partial charge in [0.2, 0.25) is 0 Å². The Hall–Kier alpha value is -1.17. The fraction of sp³-hybridized carbons (Fsp3) is 0.500. The Balaban J connectivity index is 2.25. The molecule has 0 saturated heterocycles. The summed E-state index contributed by atoms with van der Waals surface area (Å²) in [5, 5.41) is 10.6. The van der Waals surface area contributed by atoms with E-state index in [0.717, 1.165) is 13.0 Å². The molecule has 1 unspecified atom stereocenters. The first-order valence-electron chi connectivity index (χ1n) is 4.31. The van der Waals surface area contributed by atoms with Gasteiger partial charge in [-0.05, 0) is 18.6 Å². The first-order chi connectivity index (χ1) is 6.68. The molecule has 0 radical (unpaired) electrons. The van der Waals surface area contributed by atoms with Crippen molar-refractivity contribution < 1.29 is 4.21 Å². The topological polar surface area (TPSA) is 80.9 Å². The lowest BCUT2D eigenvalue weighted by molar-refractivity contribution is 0.685. The Labute approximate surface area is 85.6 Å². The van der Waals surface area contributed by atoms with Gasteiger partial charge in [-0.25, -0.2) is 0 Å². The van der Waals surface area contributed by atoms with Gasteiger partial charge in [-0.15, -0.1) is 10.2 Å². The van der Waals surface area contributed by atoms with Gasteiger partial charge in [0, 0.05) is 29.4 Å². The van der Waals surface area contributed by atoms with Crippen LogP contribution in [0.25, 0.3) is 0 Å². The van der Waals surface area contributed by atoms with Crippen LogP contribution < -0.4 is 11.1 Å². The number of hydrogen-bond acceptors (Lipinski definition) is 5. The molecular weight excluding hydrogens is 200 g/mol. The van der Waals surface area contributed by atoms with E-state index in [-0.39, 0.29) is 0 Å². The van der Waals surface area contributed by atoms with E-state index in [2.05, 4.69) is 15.5 Å². The van der Waals surface area contributed by atoms with Gasteiger partial charge in [0.25, 0.3) is 0 Å². The lowest BCUT2D eigenvalue weighted by Gasteiger charge is -2.03. The van der Waals surface area contributed by atoms with Gasteiger partial charge < -0.3 is 11.1 Å². The van der Waals surface area contributed by atoms with Crippen LogP contribution in [0.4, 0.5) is 11.6 Å². The van der Waals surface area contributed by atoms with Crippen molar-refractivity contribution >= 4 is 22.4 Å². The third kappa shape index (κ3) is 4.18. The maximum atomic E-state index is 10.7. The second-order valence-corrected chi connectivity index (χ2v) is 4.46. The summed E-state index contributed by atoms with van der Waals surface area (Å²) in [7, 11) is -0.723. The van der Waals surface area contributed by atoms with Crippen LogP contribution in [-0.4, -0.2) is 33.0 Å². The normalized spacial score (nSPS) is 12.4. The summed E-state index contributed by atoms with van der Waals surface area (Å²) >= 11 is 0. The van der Waals surface area contributed by atoms with E-state index in [1.54, 1.807) is 18.4 Å². The summed E-state index contributed by atoms with van der Waals surface area (Å²) in [6, 6.07) is 3.46. The van der Waals surface area contributed by atoms with E-state index in [9.17, 15) is 4.21 Å². The Morgan fingerprint density at radius 3 is 2.86 bits per heavy atom. The first kappa shape index (κ1) is 10.9. The van der Waals surface area contributed by atoms with Crippen molar-refractivity contribution in [3.8, 4) is 0 Å². The summed E-state index contributed by atoms with van der Waals surface area (Å²) in [5.74, 6) is 1.81. The van der Waals surface area contributed by atoms with E-state index in [1.165, 1.54) is 0 Å². The van der Waals surface area contributed by atoms with Gasteiger partial charge in [-0.3, -0.25) is 4.21 Å². The third-order valence-corrected chi connectivity index (χ3v) is 2.46. The second-order valence-electron chi connectivity index (χ2n) is 2.90. The molecule has 0 fully saturated rings. The Morgan fingerprint density at radius 2 is 2.29 bits per heavy atom. The second kappa shape index (κ2) is 5.54. The highest BCUT2D eigenvalue weighted by Crippen LogP contribution is 2.02. The minimum absolute atomic E-state index is 0.408. The molecule has 3 N–H and O–H groups in total. The van der Waals surface area contributed by atoms with Crippen LogP contribution in [0.3, 0.4) is 0 Å². The van der Waals surface area contributed by atoms with Gasteiger partial charge in [0.05, 0.1) is 0 Å². The summed E-state index contributed by atoms with van der Waals surface area (Å²) in [4.78, 5) is 0. The van der Waals surface area contributed by atoms with Crippen molar-refractivity contribution in [3.63, 3.8) is 0 Å². The molecule has 0 aromatic carbocycles. The first-order valence-corrected chi connectivity index (χ1v) is 6.04. The van der Waals surface area contributed by atoms with Crippen LogP contribution in [0.2, 0.25) is 0 Å². The number of nitrogen functional groups attached to an aromatic ring is 1. The van der Waals surface area contributed by atoms with E-state index in [0.29, 0.717) is 17.4 Å². The SMILES string of the molecule is CS(=O)CCCNc1ccc(N)nn1. The van der Waals surface area contributed by atoms with Crippen molar-refractivity contribution in [3.05, 3.63) is 12.1 Å². The van der Waals surface area contributed by atoms with Crippen molar-refractivity contribution in [2.24, 2.45) is 0 Å². The van der Waals surface area contributed by atoms with E-state index in [4.69, 9.17) is 5.73 Å². The molecule has 0 bridgehead atoms. The third-order valence-electron chi connectivity index (χ3n) is 1.60. The number of rotatable bonds is 5. The van der Waals surface area contributed by atoms with Crippen LogP contribution in [0.5, 0.6) is 0 Å². The van der Waals surface area contributed by atoms with E-state index >= 15 is 0 Å². The van der Waals surface area contributed by atoms with Gasteiger partial charge in [-0.2, -0.15) is 0 Å². The Morgan fingerprint density at radius 1 is 1.50 bits per heavy atom. The maximum Gasteiger partial charge on any atom is 0.148 e. The van der Waals surface area contributed by atoms with Crippen molar-refractivity contribution in [1.82, 2.24) is 10.2 Å². The molecule has 1 aromatic rings. The standard InChI is InChI=1S/C8H14N4OS/c1-14(13)6-2-5-10-8-4-3-7(9)11-12-8/h3-4H,2,5-6H2,1H3,(H2,9,11)(H,10,12). The van der Waals surface area contributed by atoms with Crippen LogP contribution in [0.1, 0.15) is 6.42 Å².